The summed E-state index contributed by atoms with van der Waals surface area (Å²) in [5, 5.41) is 18.5. The van der Waals surface area contributed by atoms with Crippen molar-refractivity contribution in [3.05, 3.63) is 55.1 Å². The van der Waals surface area contributed by atoms with Crippen LogP contribution in [0.5, 0.6) is 5.75 Å². The van der Waals surface area contributed by atoms with E-state index < -0.39 is 6.09 Å². The van der Waals surface area contributed by atoms with E-state index in [0.29, 0.717) is 37.3 Å². The number of hydrogen-bond donors (Lipinski definition) is 2. The van der Waals surface area contributed by atoms with E-state index in [1.54, 1.807) is 24.8 Å². The highest BCUT2D eigenvalue weighted by Gasteiger charge is 2.45. The summed E-state index contributed by atoms with van der Waals surface area (Å²) in [5.41, 5.74) is 1.73. The fourth-order valence-electron chi connectivity index (χ4n) is 5.10. The Morgan fingerprint density at radius 2 is 2.03 bits per heavy atom. The molecular formula is C26H28N8O3. The van der Waals surface area contributed by atoms with Crippen LogP contribution in [0.4, 0.5) is 22.2 Å². The first-order valence-electron chi connectivity index (χ1n) is 12.4. The molecular weight excluding hydrogens is 472 g/mol. The topological polar surface area (TPSA) is 122 Å². The van der Waals surface area contributed by atoms with Crippen LogP contribution in [-0.4, -0.2) is 72.6 Å². The lowest BCUT2D eigenvalue weighted by Gasteiger charge is -2.33. The number of rotatable bonds is 7. The fraction of sp³-hybridized carbons (Fsp3) is 0.346. The van der Waals surface area contributed by atoms with Gasteiger partial charge in [0.15, 0.2) is 5.82 Å². The lowest BCUT2D eigenvalue weighted by atomic mass is 10.2. The maximum atomic E-state index is 11.5. The number of ether oxygens (including phenoxy) is 1. The van der Waals surface area contributed by atoms with Crippen molar-refractivity contribution in [1.82, 2.24) is 29.6 Å². The molecule has 2 fully saturated rings. The molecule has 0 radical (unpaired) electrons. The first-order chi connectivity index (χ1) is 18.0. The van der Waals surface area contributed by atoms with Crippen molar-refractivity contribution in [2.45, 2.75) is 32.4 Å². The van der Waals surface area contributed by atoms with Gasteiger partial charge < -0.3 is 25.0 Å². The van der Waals surface area contributed by atoms with Crippen molar-refractivity contribution in [2.24, 2.45) is 5.92 Å². The third kappa shape index (κ3) is 4.37. The number of carbonyl (C=O) groups is 1. The zero-order valence-corrected chi connectivity index (χ0v) is 20.7. The predicted molar refractivity (Wildman–Crippen MR) is 139 cm³/mol. The van der Waals surface area contributed by atoms with Gasteiger partial charge in [-0.15, -0.1) is 5.10 Å². The van der Waals surface area contributed by atoms with E-state index in [0.717, 1.165) is 34.6 Å². The van der Waals surface area contributed by atoms with E-state index in [9.17, 15) is 9.90 Å². The summed E-state index contributed by atoms with van der Waals surface area (Å²) in [5.74, 6) is 3.25. The SMILES string of the molecule is CC(C)COc1ccc2c(Nc3cnccn3)nn(-c3ccnc(N4C[C@@H]5C[C@H]4CN5C(=O)O)c3)c2c1. The van der Waals surface area contributed by atoms with Gasteiger partial charge in [-0.05, 0) is 30.5 Å². The van der Waals surface area contributed by atoms with Gasteiger partial charge in [-0.1, -0.05) is 13.8 Å². The molecule has 0 unspecified atom stereocenters. The van der Waals surface area contributed by atoms with Crippen LogP contribution in [0.3, 0.4) is 0 Å². The molecule has 4 aromatic rings. The number of piperazine rings is 1. The largest absolute Gasteiger partial charge is 0.493 e. The molecule has 1 amide bonds. The average molecular weight is 501 g/mol. The zero-order valence-electron chi connectivity index (χ0n) is 20.7. The van der Waals surface area contributed by atoms with Crippen LogP contribution >= 0.6 is 0 Å². The Balaban J connectivity index is 1.37. The van der Waals surface area contributed by atoms with Gasteiger partial charge in [0.05, 0.1) is 36.1 Å². The standard InChI is InChI=1S/C26H28N8O3/c1-16(2)15-37-20-3-4-21-22(11-20)34(31-25(21)30-23-12-27-7-8-28-23)17-5-6-29-24(10-17)32-13-19-9-18(32)14-33(19)26(35)36/h3-8,10-12,16,18-19H,9,13-15H2,1-2H3,(H,35,36)(H,28,30,31)/t18-,19-/m0/s1. The van der Waals surface area contributed by atoms with Gasteiger partial charge in [-0.2, -0.15) is 0 Å². The Labute approximate surface area is 213 Å². The number of hydrogen-bond acceptors (Lipinski definition) is 8. The van der Waals surface area contributed by atoms with Gasteiger partial charge >= 0.3 is 6.09 Å². The molecule has 3 aromatic heterocycles. The summed E-state index contributed by atoms with van der Waals surface area (Å²) in [6.07, 6.45) is 6.65. The van der Waals surface area contributed by atoms with Crippen LogP contribution in [0.2, 0.25) is 0 Å². The third-order valence-electron chi connectivity index (χ3n) is 6.80. The highest BCUT2D eigenvalue weighted by atomic mass is 16.5. The van der Waals surface area contributed by atoms with Crippen molar-refractivity contribution < 1.29 is 14.6 Å². The first kappa shape index (κ1) is 23.0. The normalized spacial score (nSPS) is 18.7. The van der Waals surface area contributed by atoms with Crippen LogP contribution < -0.4 is 15.0 Å². The number of nitrogens with zero attached hydrogens (tertiary/aromatic N) is 7. The monoisotopic (exact) mass is 500 g/mol. The lowest BCUT2D eigenvalue weighted by Crippen LogP contribution is -2.48. The number of pyridine rings is 1. The molecule has 2 N–H and O–H groups in total. The van der Waals surface area contributed by atoms with Gasteiger partial charge in [0.2, 0.25) is 0 Å². The minimum Gasteiger partial charge on any atom is -0.493 e. The van der Waals surface area contributed by atoms with Crippen molar-refractivity contribution in [2.75, 3.05) is 29.9 Å². The Hall–Kier alpha value is -4.41. The summed E-state index contributed by atoms with van der Waals surface area (Å²) in [7, 11) is 0. The first-order valence-corrected chi connectivity index (χ1v) is 12.4. The lowest BCUT2D eigenvalue weighted by molar-refractivity contribution is 0.137. The fourth-order valence-corrected chi connectivity index (χ4v) is 5.10. The number of benzene rings is 1. The molecule has 11 nitrogen and oxygen atoms in total. The van der Waals surface area contributed by atoms with Gasteiger partial charge in [-0.3, -0.25) is 4.98 Å². The predicted octanol–water partition coefficient (Wildman–Crippen LogP) is 3.93. The summed E-state index contributed by atoms with van der Waals surface area (Å²) >= 11 is 0. The molecule has 37 heavy (non-hydrogen) atoms. The number of anilines is 3. The molecule has 6 rings (SSSR count). The maximum absolute atomic E-state index is 11.5. The molecule has 0 aliphatic carbocycles. The van der Waals surface area contributed by atoms with Crippen LogP contribution in [0.25, 0.3) is 16.6 Å². The maximum Gasteiger partial charge on any atom is 0.407 e. The molecule has 2 aliphatic heterocycles. The Morgan fingerprint density at radius 3 is 2.76 bits per heavy atom. The number of nitrogens with one attached hydrogen (secondary N) is 1. The van der Waals surface area contributed by atoms with Crippen LogP contribution in [-0.2, 0) is 0 Å². The van der Waals surface area contributed by atoms with Gasteiger partial charge in [0, 0.05) is 49.2 Å². The van der Waals surface area contributed by atoms with Gasteiger partial charge in [0.1, 0.15) is 17.4 Å². The average Bonchev–Trinajstić information content (AvgIpc) is 3.61. The smallest absolute Gasteiger partial charge is 0.407 e. The van der Waals surface area contributed by atoms with Crippen molar-refractivity contribution in [1.29, 1.82) is 0 Å². The molecule has 0 spiro atoms. The summed E-state index contributed by atoms with van der Waals surface area (Å²) in [6, 6.07) is 9.99. The second kappa shape index (κ2) is 9.23. The second-order valence-corrected chi connectivity index (χ2v) is 9.86. The molecule has 5 heterocycles. The summed E-state index contributed by atoms with van der Waals surface area (Å²) in [4.78, 5) is 28.3. The van der Waals surface area contributed by atoms with E-state index in [4.69, 9.17) is 9.84 Å². The molecule has 2 bridgehead atoms. The third-order valence-corrected chi connectivity index (χ3v) is 6.80. The van der Waals surface area contributed by atoms with Crippen LogP contribution in [0.1, 0.15) is 20.3 Å². The molecule has 2 saturated heterocycles. The number of likely N-dealkylation sites (tertiary alicyclic amines) is 1. The van der Waals surface area contributed by atoms with Crippen molar-refractivity contribution in [3.63, 3.8) is 0 Å². The number of amides is 1. The molecule has 2 atom stereocenters. The summed E-state index contributed by atoms with van der Waals surface area (Å²) in [6.45, 7) is 5.99. The minimum absolute atomic E-state index is 0.00179. The van der Waals surface area contributed by atoms with E-state index in [1.807, 2.05) is 35.0 Å². The molecule has 0 saturated carbocycles. The summed E-state index contributed by atoms with van der Waals surface area (Å²) < 4.78 is 7.88. The highest BCUT2D eigenvalue weighted by Crippen LogP contribution is 2.35. The van der Waals surface area contributed by atoms with Gasteiger partial charge in [-0.25, -0.2) is 19.4 Å². The van der Waals surface area contributed by atoms with E-state index in [-0.39, 0.29) is 12.1 Å². The highest BCUT2D eigenvalue weighted by molar-refractivity contribution is 5.93. The number of aromatic nitrogens is 5. The second-order valence-electron chi connectivity index (χ2n) is 9.86. The van der Waals surface area contributed by atoms with Gasteiger partial charge in [0.25, 0.3) is 0 Å². The van der Waals surface area contributed by atoms with E-state index in [2.05, 4.69) is 39.0 Å². The van der Waals surface area contributed by atoms with Crippen LogP contribution in [0, 0.1) is 5.92 Å². The number of carboxylic acid groups (broad SMARTS) is 1. The Bertz CT molecular complexity index is 1440. The molecule has 2 aliphatic rings. The van der Waals surface area contributed by atoms with Crippen molar-refractivity contribution >= 4 is 34.4 Å². The van der Waals surface area contributed by atoms with Crippen molar-refractivity contribution in [3.8, 4) is 11.4 Å². The van der Waals surface area contributed by atoms with E-state index >= 15 is 0 Å². The minimum atomic E-state index is -0.851. The Kier molecular flexibility index (Phi) is 5.74. The van der Waals surface area contributed by atoms with E-state index in [1.165, 1.54) is 4.90 Å². The molecule has 11 heteroatoms. The molecule has 1 aromatic carbocycles. The Morgan fingerprint density at radius 1 is 1.14 bits per heavy atom. The molecule has 190 valence electrons. The zero-order chi connectivity index (χ0) is 25.5. The number of fused-ring (bicyclic) bond motifs is 3. The van der Waals surface area contributed by atoms with Crippen LogP contribution in [0.15, 0.2) is 55.1 Å². The quantitative estimate of drug-likeness (QED) is 0.389.